The number of rotatable bonds is 9. The van der Waals surface area contributed by atoms with Gasteiger partial charge in [-0.3, -0.25) is 0 Å². The fraction of sp³-hybridized carbons (Fsp3) is 0.750. The van der Waals surface area contributed by atoms with E-state index in [0.717, 1.165) is 32.1 Å². The third-order valence-electron chi connectivity index (χ3n) is 7.31. The molecule has 3 nitrogen and oxygen atoms in total. The predicted molar refractivity (Wildman–Crippen MR) is 115 cm³/mol. The van der Waals surface area contributed by atoms with Gasteiger partial charge in [0.05, 0.1) is 6.10 Å². The summed E-state index contributed by atoms with van der Waals surface area (Å²) in [6, 6.07) is -0.602. The second kappa shape index (κ2) is 9.17. The molecule has 3 rings (SSSR count). The van der Waals surface area contributed by atoms with Crippen LogP contribution in [0.4, 0.5) is 13.2 Å². The van der Waals surface area contributed by atoms with Crippen molar-refractivity contribution in [3.63, 3.8) is 0 Å². The minimum Gasteiger partial charge on any atom is -0.390 e. The van der Waals surface area contributed by atoms with Crippen LogP contribution in [0.3, 0.4) is 0 Å². The van der Waals surface area contributed by atoms with E-state index in [4.69, 9.17) is 5.73 Å². The summed E-state index contributed by atoms with van der Waals surface area (Å²) in [7, 11) is 0. The molecule has 1 saturated carbocycles. The number of β-amino-alcohol motifs (C(OH)–C–C–N with tert-alkyl or cyclic N) is 1. The van der Waals surface area contributed by atoms with E-state index in [9.17, 15) is 18.3 Å². The van der Waals surface area contributed by atoms with Gasteiger partial charge in [0.15, 0.2) is 0 Å². The van der Waals surface area contributed by atoms with Gasteiger partial charge in [-0.15, -0.1) is 0 Å². The van der Waals surface area contributed by atoms with E-state index in [0.29, 0.717) is 18.0 Å². The SMILES string of the molecule is CC(C1CCC=C(C2(NCC(O)C(N)CC3=CC(F)CC(F)=C3)CC2)C1)C(C)(C)F. The molecule has 0 radical (unpaired) electrons. The van der Waals surface area contributed by atoms with E-state index >= 15 is 0 Å². The first-order valence-electron chi connectivity index (χ1n) is 11.3. The second-order valence-corrected chi connectivity index (χ2v) is 10.1. The van der Waals surface area contributed by atoms with Crippen molar-refractivity contribution in [2.75, 3.05) is 6.54 Å². The molecule has 0 aliphatic heterocycles. The first-order chi connectivity index (χ1) is 14.0. The molecule has 170 valence electrons. The molecule has 3 aliphatic rings. The van der Waals surface area contributed by atoms with Crippen LogP contribution in [0.5, 0.6) is 0 Å². The van der Waals surface area contributed by atoms with Gasteiger partial charge >= 0.3 is 0 Å². The number of hydrogen-bond acceptors (Lipinski definition) is 3. The van der Waals surface area contributed by atoms with Crippen molar-refractivity contribution in [3.8, 4) is 0 Å². The lowest BCUT2D eigenvalue weighted by molar-refractivity contribution is 0.0840. The van der Waals surface area contributed by atoms with Crippen LogP contribution in [0.2, 0.25) is 0 Å². The summed E-state index contributed by atoms with van der Waals surface area (Å²) < 4.78 is 41.4. The van der Waals surface area contributed by atoms with Crippen LogP contribution in [0.1, 0.15) is 65.7 Å². The van der Waals surface area contributed by atoms with Gasteiger partial charge in [0.2, 0.25) is 0 Å². The summed E-state index contributed by atoms with van der Waals surface area (Å²) in [5.41, 5.74) is 6.64. The summed E-state index contributed by atoms with van der Waals surface area (Å²) in [6.45, 7) is 5.65. The highest BCUT2D eigenvalue weighted by atomic mass is 19.1. The van der Waals surface area contributed by atoms with Gasteiger partial charge in [0.1, 0.15) is 17.7 Å². The Balaban J connectivity index is 1.53. The van der Waals surface area contributed by atoms with E-state index in [-0.39, 0.29) is 24.3 Å². The average molecular weight is 427 g/mol. The van der Waals surface area contributed by atoms with Crippen molar-refractivity contribution in [2.45, 2.75) is 95.2 Å². The van der Waals surface area contributed by atoms with Crippen LogP contribution in [-0.2, 0) is 0 Å². The van der Waals surface area contributed by atoms with Crippen LogP contribution in [0, 0.1) is 11.8 Å². The highest BCUT2D eigenvalue weighted by Crippen LogP contribution is 2.49. The maximum absolute atomic E-state index is 14.5. The molecule has 0 bridgehead atoms. The number of nitrogens with one attached hydrogen (secondary N) is 1. The minimum absolute atomic E-state index is 0.00689. The average Bonchev–Trinajstić information content (AvgIpc) is 3.45. The Labute approximate surface area is 178 Å². The van der Waals surface area contributed by atoms with E-state index in [1.54, 1.807) is 13.8 Å². The van der Waals surface area contributed by atoms with Crippen LogP contribution in [-0.4, -0.2) is 41.2 Å². The molecule has 5 unspecified atom stereocenters. The molecule has 30 heavy (non-hydrogen) atoms. The van der Waals surface area contributed by atoms with Gasteiger partial charge in [-0.1, -0.05) is 18.6 Å². The number of aliphatic hydroxyl groups is 1. The first-order valence-corrected chi connectivity index (χ1v) is 11.3. The van der Waals surface area contributed by atoms with Crippen LogP contribution < -0.4 is 11.1 Å². The fourth-order valence-electron chi connectivity index (χ4n) is 4.83. The summed E-state index contributed by atoms with van der Waals surface area (Å²) in [4.78, 5) is 0. The molecule has 0 saturated heterocycles. The van der Waals surface area contributed by atoms with Gasteiger partial charge in [0.25, 0.3) is 0 Å². The Bertz CT molecular complexity index is 706. The quantitative estimate of drug-likeness (QED) is 0.463. The van der Waals surface area contributed by atoms with Gasteiger partial charge in [-0.2, -0.15) is 0 Å². The zero-order chi connectivity index (χ0) is 22.1. The lowest BCUT2D eigenvalue weighted by Crippen LogP contribution is -2.47. The topological polar surface area (TPSA) is 58.3 Å². The van der Waals surface area contributed by atoms with Gasteiger partial charge < -0.3 is 16.2 Å². The van der Waals surface area contributed by atoms with Crippen molar-refractivity contribution in [1.29, 1.82) is 0 Å². The molecule has 1 fully saturated rings. The van der Waals surface area contributed by atoms with Crippen molar-refractivity contribution in [2.24, 2.45) is 17.6 Å². The van der Waals surface area contributed by atoms with Crippen molar-refractivity contribution in [3.05, 3.63) is 35.2 Å². The van der Waals surface area contributed by atoms with Crippen LogP contribution in [0.25, 0.3) is 0 Å². The fourth-order valence-corrected chi connectivity index (χ4v) is 4.83. The molecule has 0 amide bonds. The lowest BCUT2D eigenvalue weighted by Gasteiger charge is -2.36. The Kier molecular flexibility index (Phi) is 7.20. The molecule has 0 heterocycles. The lowest BCUT2D eigenvalue weighted by atomic mass is 9.73. The molecule has 0 aromatic carbocycles. The second-order valence-electron chi connectivity index (χ2n) is 10.1. The predicted octanol–water partition coefficient (Wildman–Crippen LogP) is 4.82. The maximum atomic E-state index is 14.5. The summed E-state index contributed by atoms with van der Waals surface area (Å²) in [5, 5.41) is 14.0. The van der Waals surface area contributed by atoms with Gasteiger partial charge in [-0.25, -0.2) is 13.2 Å². The summed E-state index contributed by atoms with van der Waals surface area (Å²) in [6.07, 6.45) is 7.71. The molecule has 0 aromatic heterocycles. The number of allylic oxidation sites excluding steroid dienone is 4. The standard InChI is InChI=1S/C24H37F3N2O/c1-15(23(2,3)27)17-5-4-6-18(12-17)24(7-8-24)29-14-22(30)21(28)11-16-9-19(25)13-20(26)10-16/h6,9-10,15,17,19,21-22,29-30H,4-5,7-8,11-14,28H2,1-3H3. The molecule has 0 aromatic rings. The van der Waals surface area contributed by atoms with Crippen LogP contribution >= 0.6 is 0 Å². The largest absolute Gasteiger partial charge is 0.390 e. The van der Waals surface area contributed by atoms with Gasteiger partial charge in [0, 0.05) is 24.5 Å². The number of halogens is 3. The molecule has 6 heteroatoms. The third kappa shape index (κ3) is 5.77. The Morgan fingerprint density at radius 3 is 2.63 bits per heavy atom. The Morgan fingerprint density at radius 2 is 2.03 bits per heavy atom. The number of aliphatic hydroxyl groups excluding tert-OH is 1. The zero-order valence-electron chi connectivity index (χ0n) is 18.4. The molecular weight excluding hydrogens is 389 g/mol. The van der Waals surface area contributed by atoms with Crippen molar-refractivity contribution < 1.29 is 18.3 Å². The number of alkyl halides is 2. The van der Waals surface area contributed by atoms with Crippen molar-refractivity contribution >= 4 is 0 Å². The third-order valence-corrected chi connectivity index (χ3v) is 7.31. The Hall–Kier alpha value is -1.11. The maximum Gasteiger partial charge on any atom is 0.125 e. The highest BCUT2D eigenvalue weighted by Gasteiger charge is 2.47. The molecule has 0 spiro atoms. The normalized spacial score (nSPS) is 29.4. The minimum atomic E-state index is -1.33. The number of nitrogens with two attached hydrogens (primary N) is 1. The smallest absolute Gasteiger partial charge is 0.125 e. The summed E-state index contributed by atoms with van der Waals surface area (Å²) >= 11 is 0. The van der Waals surface area contributed by atoms with E-state index in [1.807, 2.05) is 6.92 Å². The van der Waals surface area contributed by atoms with Crippen molar-refractivity contribution in [1.82, 2.24) is 5.32 Å². The van der Waals surface area contributed by atoms with Crippen LogP contribution in [0.15, 0.2) is 35.2 Å². The molecule has 5 atom stereocenters. The van der Waals surface area contributed by atoms with E-state index in [2.05, 4.69) is 11.4 Å². The molecule has 4 N–H and O–H groups in total. The monoisotopic (exact) mass is 426 g/mol. The first kappa shape index (κ1) is 23.6. The Morgan fingerprint density at radius 1 is 1.33 bits per heavy atom. The van der Waals surface area contributed by atoms with Gasteiger partial charge in [-0.05, 0) is 81.9 Å². The summed E-state index contributed by atoms with van der Waals surface area (Å²) in [5.74, 6) is -0.168. The van der Waals surface area contributed by atoms with E-state index in [1.165, 1.54) is 17.7 Å². The van der Waals surface area contributed by atoms with E-state index < -0.39 is 29.8 Å². The highest BCUT2D eigenvalue weighted by molar-refractivity contribution is 5.31. The molecule has 3 aliphatic carbocycles. The zero-order valence-corrected chi connectivity index (χ0v) is 18.4. The number of hydrogen-bond donors (Lipinski definition) is 3. The molecular formula is C24H37F3N2O.